The van der Waals surface area contributed by atoms with E-state index >= 15 is 0 Å². The van der Waals surface area contributed by atoms with Gasteiger partial charge in [-0.3, -0.25) is 4.79 Å². The van der Waals surface area contributed by atoms with Gasteiger partial charge in [0.25, 0.3) is 5.91 Å². The number of carbonyl (C=O) groups is 2. The molecule has 1 N–H and O–H groups in total. The summed E-state index contributed by atoms with van der Waals surface area (Å²) in [5, 5.41) is 9.17. The van der Waals surface area contributed by atoms with Crippen molar-refractivity contribution in [2.75, 3.05) is 26.8 Å². The normalized spacial score (nSPS) is 13.5. The molecule has 1 aliphatic rings. The molecule has 1 aromatic heterocycles. The Labute approximate surface area is 162 Å². The van der Waals surface area contributed by atoms with Crippen molar-refractivity contribution in [2.45, 2.75) is 23.5 Å². The maximum absolute atomic E-state index is 12.8. The van der Waals surface area contributed by atoms with Gasteiger partial charge in [-0.2, -0.15) is 0 Å². The lowest BCUT2D eigenvalue weighted by Crippen LogP contribution is -2.30. The number of furan rings is 1. The van der Waals surface area contributed by atoms with Gasteiger partial charge in [0.15, 0.2) is 0 Å². The minimum Gasteiger partial charge on any atom is -0.478 e. The van der Waals surface area contributed by atoms with Crippen LogP contribution in [0.25, 0.3) is 0 Å². The van der Waals surface area contributed by atoms with E-state index in [4.69, 9.17) is 14.3 Å². The Morgan fingerprint density at radius 3 is 2.78 bits per heavy atom. The molecule has 0 radical (unpaired) electrons. The Balaban J connectivity index is 1.59. The van der Waals surface area contributed by atoms with Crippen molar-refractivity contribution >= 4 is 23.6 Å². The lowest BCUT2D eigenvalue weighted by atomic mass is 10.2. The predicted molar refractivity (Wildman–Crippen MR) is 102 cm³/mol. The fraction of sp³-hybridized carbons (Fsp3) is 0.400. The summed E-state index contributed by atoms with van der Waals surface area (Å²) in [6, 6.07) is 8.76. The van der Waals surface area contributed by atoms with Crippen molar-refractivity contribution in [1.82, 2.24) is 4.90 Å². The molecule has 27 heavy (non-hydrogen) atoms. The van der Waals surface area contributed by atoms with Crippen molar-refractivity contribution in [3.05, 3.63) is 53.5 Å². The molecule has 144 valence electrons. The Morgan fingerprint density at radius 1 is 1.26 bits per heavy atom. The lowest BCUT2D eigenvalue weighted by molar-refractivity contribution is 0.0675. The Bertz CT molecular complexity index is 799. The van der Waals surface area contributed by atoms with E-state index in [2.05, 4.69) is 0 Å². The van der Waals surface area contributed by atoms with Crippen molar-refractivity contribution < 1.29 is 23.8 Å². The largest absolute Gasteiger partial charge is 0.478 e. The topological polar surface area (TPSA) is 80.0 Å². The molecule has 0 spiro atoms. The molecule has 0 saturated heterocycles. The van der Waals surface area contributed by atoms with Gasteiger partial charge in [0.1, 0.15) is 11.3 Å². The third-order valence-electron chi connectivity index (χ3n) is 4.42. The first-order valence-corrected chi connectivity index (χ1v) is 9.89. The van der Waals surface area contributed by atoms with E-state index in [9.17, 15) is 9.59 Å². The first-order valence-electron chi connectivity index (χ1n) is 8.91. The molecule has 0 bridgehead atoms. The number of thioether (sulfide) groups is 1. The average Bonchev–Trinajstić information content (AvgIpc) is 3.37. The summed E-state index contributed by atoms with van der Waals surface area (Å²) in [4.78, 5) is 26.4. The number of nitrogens with zero attached hydrogens (tertiary/aromatic N) is 1. The Hall–Kier alpha value is -2.25. The number of benzene rings is 1. The number of amides is 1. The molecule has 0 aliphatic heterocycles. The molecule has 1 aliphatic carbocycles. The first kappa shape index (κ1) is 19.5. The molecule has 2 aromatic rings. The Kier molecular flexibility index (Phi) is 6.58. The monoisotopic (exact) mass is 389 g/mol. The van der Waals surface area contributed by atoms with Crippen LogP contribution in [0.4, 0.5) is 0 Å². The number of likely N-dealkylation sites (N-methyl/N-ethyl adjacent to an activating group) is 1. The number of hydrogen-bond donors (Lipinski definition) is 1. The minimum atomic E-state index is -1.02. The van der Waals surface area contributed by atoms with Crippen LogP contribution in [0.5, 0.6) is 0 Å². The van der Waals surface area contributed by atoms with E-state index in [1.54, 1.807) is 18.0 Å². The quantitative estimate of drug-likeness (QED) is 0.492. The van der Waals surface area contributed by atoms with Gasteiger partial charge in [-0.05, 0) is 37.0 Å². The summed E-state index contributed by atoms with van der Waals surface area (Å²) in [6.45, 7) is 1.85. The Morgan fingerprint density at radius 2 is 2.04 bits per heavy atom. The van der Waals surface area contributed by atoms with E-state index < -0.39 is 5.97 Å². The summed E-state index contributed by atoms with van der Waals surface area (Å²) in [6.07, 6.45) is 3.86. The molecule has 0 unspecified atom stereocenters. The molecule has 6 nitrogen and oxygen atoms in total. The van der Waals surface area contributed by atoms with Gasteiger partial charge in [0.05, 0.1) is 24.2 Å². The second-order valence-electron chi connectivity index (χ2n) is 6.59. The number of ether oxygens (including phenoxy) is 1. The smallest absolute Gasteiger partial charge is 0.339 e. The summed E-state index contributed by atoms with van der Waals surface area (Å²) in [7, 11) is 1.76. The van der Waals surface area contributed by atoms with E-state index in [-0.39, 0.29) is 11.5 Å². The zero-order valence-corrected chi connectivity index (χ0v) is 16.0. The van der Waals surface area contributed by atoms with Crippen molar-refractivity contribution in [3.8, 4) is 0 Å². The molecule has 3 rings (SSSR count). The number of hydrogen-bond acceptors (Lipinski definition) is 5. The second-order valence-corrected chi connectivity index (χ2v) is 7.61. The van der Waals surface area contributed by atoms with Crippen LogP contribution in [0, 0.1) is 5.92 Å². The van der Waals surface area contributed by atoms with Crippen molar-refractivity contribution in [1.29, 1.82) is 0 Å². The molecule has 1 amide bonds. The SMILES string of the molecule is CN(CCOCC1CC1)C(=O)c1ccccc1SCc1occc1C(=O)O. The minimum absolute atomic E-state index is 0.0778. The van der Waals surface area contributed by atoms with Crippen LogP contribution in [0.15, 0.2) is 45.9 Å². The van der Waals surface area contributed by atoms with E-state index in [1.807, 2.05) is 18.2 Å². The van der Waals surface area contributed by atoms with Gasteiger partial charge in [0.2, 0.25) is 0 Å². The number of rotatable bonds is 10. The highest BCUT2D eigenvalue weighted by Gasteiger charge is 2.22. The summed E-state index contributed by atoms with van der Waals surface area (Å²) in [5.41, 5.74) is 0.742. The maximum Gasteiger partial charge on any atom is 0.339 e. The van der Waals surface area contributed by atoms with Gasteiger partial charge in [-0.25, -0.2) is 4.79 Å². The van der Waals surface area contributed by atoms with Gasteiger partial charge >= 0.3 is 5.97 Å². The van der Waals surface area contributed by atoms with Crippen LogP contribution in [0.1, 0.15) is 39.3 Å². The fourth-order valence-electron chi connectivity index (χ4n) is 2.60. The highest BCUT2D eigenvalue weighted by atomic mass is 32.2. The zero-order valence-electron chi connectivity index (χ0n) is 15.2. The van der Waals surface area contributed by atoms with Crippen LogP contribution in [-0.4, -0.2) is 48.7 Å². The lowest BCUT2D eigenvalue weighted by Gasteiger charge is -2.19. The van der Waals surface area contributed by atoms with E-state index in [0.717, 1.165) is 11.5 Å². The number of carboxylic acid groups (broad SMARTS) is 1. The summed E-state index contributed by atoms with van der Waals surface area (Å²) in [5.74, 6) is 0.338. The molecule has 7 heteroatoms. The van der Waals surface area contributed by atoms with E-state index in [1.165, 1.54) is 36.9 Å². The van der Waals surface area contributed by atoms with Gasteiger partial charge in [-0.1, -0.05) is 12.1 Å². The number of aromatic carboxylic acids is 1. The zero-order chi connectivity index (χ0) is 19.2. The molecule has 1 saturated carbocycles. The second kappa shape index (κ2) is 9.10. The summed E-state index contributed by atoms with van der Waals surface area (Å²) < 4.78 is 10.9. The van der Waals surface area contributed by atoms with Crippen LogP contribution in [0.3, 0.4) is 0 Å². The highest BCUT2D eigenvalue weighted by molar-refractivity contribution is 7.98. The van der Waals surface area contributed by atoms with Crippen LogP contribution in [-0.2, 0) is 10.5 Å². The first-order chi connectivity index (χ1) is 13.1. The van der Waals surface area contributed by atoms with Gasteiger partial charge in [-0.15, -0.1) is 11.8 Å². The predicted octanol–water partition coefficient (Wildman–Crippen LogP) is 3.77. The molecular formula is C20H23NO5S. The van der Waals surface area contributed by atoms with Gasteiger partial charge in [0, 0.05) is 25.1 Å². The number of carbonyl (C=O) groups excluding carboxylic acids is 1. The van der Waals surface area contributed by atoms with Crippen LogP contribution >= 0.6 is 11.8 Å². The maximum atomic E-state index is 12.8. The molecule has 1 fully saturated rings. The number of carboxylic acids is 1. The third kappa shape index (κ3) is 5.37. The molecule has 1 aromatic carbocycles. The van der Waals surface area contributed by atoms with E-state index in [0.29, 0.717) is 36.1 Å². The molecular weight excluding hydrogens is 366 g/mol. The molecule has 1 heterocycles. The summed E-state index contributed by atoms with van der Waals surface area (Å²) >= 11 is 1.39. The third-order valence-corrected chi connectivity index (χ3v) is 5.49. The fourth-order valence-corrected chi connectivity index (χ4v) is 3.59. The van der Waals surface area contributed by atoms with Gasteiger partial charge < -0.3 is 19.2 Å². The van der Waals surface area contributed by atoms with Crippen molar-refractivity contribution in [2.24, 2.45) is 5.92 Å². The van der Waals surface area contributed by atoms with Crippen LogP contribution < -0.4 is 0 Å². The van der Waals surface area contributed by atoms with Crippen molar-refractivity contribution in [3.63, 3.8) is 0 Å². The highest BCUT2D eigenvalue weighted by Crippen LogP contribution is 2.29. The van der Waals surface area contributed by atoms with Crippen LogP contribution in [0.2, 0.25) is 0 Å². The standard InChI is InChI=1S/C20H23NO5S/c1-21(9-11-25-12-14-6-7-14)19(22)16-4-2-3-5-18(16)27-13-17-15(20(23)24)8-10-26-17/h2-5,8,10,14H,6-7,9,11-13H2,1H3,(H,23,24). The average molecular weight is 389 g/mol. The molecule has 0 atom stereocenters.